The van der Waals surface area contributed by atoms with Crippen LogP contribution in [0.15, 0.2) is 48.7 Å². The molecule has 0 amide bonds. The van der Waals surface area contributed by atoms with E-state index in [9.17, 15) is 13.2 Å². The average molecular weight is 452 g/mol. The van der Waals surface area contributed by atoms with Crippen LogP contribution >= 0.6 is 11.6 Å². The average Bonchev–Trinajstić information content (AvgIpc) is 2.75. The number of hydrogen-bond acceptors (Lipinski definition) is 5. The number of rotatable bonds is 9. The van der Waals surface area contributed by atoms with Gasteiger partial charge in [-0.05, 0) is 56.2 Å². The van der Waals surface area contributed by atoms with Crippen LogP contribution in [-0.2, 0) is 26.2 Å². The Bertz CT molecular complexity index is 923. The highest BCUT2D eigenvalue weighted by molar-refractivity contribution is 7.90. The number of aromatic nitrogens is 1. The molecule has 0 spiro atoms. The van der Waals surface area contributed by atoms with Gasteiger partial charge < -0.3 is 4.74 Å². The second-order valence-electron chi connectivity index (χ2n) is 7.21. The largest absolute Gasteiger partial charge is 0.464 e. The van der Waals surface area contributed by atoms with Gasteiger partial charge in [0.25, 0.3) is 0 Å². The Balaban J connectivity index is 1.52. The number of aryl methyl sites for hydroxylation is 1. The molecule has 9 heteroatoms. The van der Waals surface area contributed by atoms with E-state index < -0.39 is 22.2 Å². The minimum absolute atomic E-state index is 0.268. The molecule has 1 atom stereocenters. The molecule has 0 bridgehead atoms. The fraction of sp³-hybridized carbons (Fsp3) is 0.429. The lowest BCUT2D eigenvalue weighted by molar-refractivity contribution is -0.149. The third-order valence-electron chi connectivity index (χ3n) is 4.96. The molecule has 2 heterocycles. The van der Waals surface area contributed by atoms with Crippen LogP contribution in [0, 0.1) is 0 Å². The number of anilines is 1. The Labute approximate surface area is 182 Å². The fourth-order valence-corrected chi connectivity index (χ4v) is 4.96. The first kappa shape index (κ1) is 22.5. The van der Waals surface area contributed by atoms with Crippen molar-refractivity contribution >= 4 is 33.5 Å². The first-order chi connectivity index (χ1) is 14.5. The van der Waals surface area contributed by atoms with Gasteiger partial charge >= 0.3 is 16.2 Å². The summed E-state index contributed by atoms with van der Waals surface area (Å²) in [6.07, 6.45) is 5.81. The van der Waals surface area contributed by atoms with Crippen molar-refractivity contribution in [2.45, 2.75) is 44.6 Å². The molecule has 1 unspecified atom stereocenters. The Morgan fingerprint density at radius 3 is 2.70 bits per heavy atom. The number of esters is 1. The third-order valence-corrected chi connectivity index (χ3v) is 6.73. The maximum absolute atomic E-state index is 12.8. The summed E-state index contributed by atoms with van der Waals surface area (Å²) in [4.78, 5) is 16.5. The molecule has 0 saturated carbocycles. The smallest absolute Gasteiger partial charge is 0.324 e. The van der Waals surface area contributed by atoms with Crippen molar-refractivity contribution in [1.82, 2.24) is 9.29 Å². The zero-order valence-corrected chi connectivity index (χ0v) is 18.2. The number of nitrogens with zero attached hydrogens (tertiary/aromatic N) is 2. The molecule has 1 aliphatic rings. The van der Waals surface area contributed by atoms with Crippen molar-refractivity contribution in [3.05, 3.63) is 59.4 Å². The van der Waals surface area contributed by atoms with Gasteiger partial charge in [0, 0.05) is 6.54 Å². The number of nitrogens with one attached hydrogen (secondary N) is 1. The molecular formula is C21H26ClN3O4S. The lowest BCUT2D eigenvalue weighted by Gasteiger charge is -2.33. The van der Waals surface area contributed by atoms with Gasteiger partial charge in [-0.25, -0.2) is 4.98 Å². The molecule has 30 heavy (non-hydrogen) atoms. The van der Waals surface area contributed by atoms with E-state index in [4.69, 9.17) is 16.3 Å². The molecule has 1 aliphatic heterocycles. The first-order valence-corrected chi connectivity index (χ1v) is 11.9. The summed E-state index contributed by atoms with van der Waals surface area (Å²) < 4.78 is 34.7. The molecule has 1 saturated heterocycles. The van der Waals surface area contributed by atoms with Gasteiger partial charge in [-0.1, -0.05) is 41.9 Å². The summed E-state index contributed by atoms with van der Waals surface area (Å²) in [5.41, 5.74) is 1.54. The normalized spacial score (nSPS) is 17.4. The predicted octanol–water partition coefficient (Wildman–Crippen LogP) is 3.81. The fourth-order valence-electron chi connectivity index (χ4n) is 3.42. The van der Waals surface area contributed by atoms with Crippen LogP contribution in [0.25, 0.3) is 0 Å². The van der Waals surface area contributed by atoms with E-state index in [2.05, 4.69) is 21.8 Å². The molecule has 1 fully saturated rings. The number of ether oxygens (including phenoxy) is 1. The molecule has 1 N–H and O–H groups in total. The number of hydrogen-bond donors (Lipinski definition) is 1. The molecule has 2 aromatic rings. The summed E-state index contributed by atoms with van der Waals surface area (Å²) in [6.45, 7) is 0.550. The van der Waals surface area contributed by atoms with Crippen molar-refractivity contribution in [3.63, 3.8) is 0 Å². The van der Waals surface area contributed by atoms with Crippen LogP contribution in [0.1, 0.15) is 37.7 Å². The molecule has 0 radical (unpaired) electrons. The lowest BCUT2D eigenvalue weighted by atomic mass is 10.1. The SMILES string of the molecule is O=C(OCCCCc1ccccc1)C1CCCCN1S(=O)(=O)Nc1ccc(Cl)nc1. The molecule has 3 rings (SSSR count). The molecule has 7 nitrogen and oxygen atoms in total. The highest BCUT2D eigenvalue weighted by Crippen LogP contribution is 2.23. The summed E-state index contributed by atoms with van der Waals surface area (Å²) in [6, 6.07) is 12.3. The topological polar surface area (TPSA) is 88.6 Å². The highest BCUT2D eigenvalue weighted by atomic mass is 35.5. The van der Waals surface area contributed by atoms with Gasteiger partial charge in [-0.15, -0.1) is 0 Å². The number of carbonyl (C=O) groups is 1. The van der Waals surface area contributed by atoms with Crippen LogP contribution in [0.2, 0.25) is 5.15 Å². The first-order valence-electron chi connectivity index (χ1n) is 10.1. The van der Waals surface area contributed by atoms with E-state index in [-0.39, 0.29) is 24.0 Å². The van der Waals surface area contributed by atoms with Gasteiger partial charge in [0.15, 0.2) is 0 Å². The van der Waals surface area contributed by atoms with Gasteiger partial charge in [0.2, 0.25) is 0 Å². The van der Waals surface area contributed by atoms with Crippen molar-refractivity contribution in [2.75, 3.05) is 17.9 Å². The van der Waals surface area contributed by atoms with E-state index in [0.29, 0.717) is 12.8 Å². The quantitative estimate of drug-likeness (QED) is 0.355. The van der Waals surface area contributed by atoms with Crippen molar-refractivity contribution in [3.8, 4) is 0 Å². The van der Waals surface area contributed by atoms with Gasteiger partial charge in [0.1, 0.15) is 11.2 Å². The maximum atomic E-state index is 12.8. The summed E-state index contributed by atoms with van der Waals surface area (Å²) in [5, 5.41) is 0.268. The predicted molar refractivity (Wildman–Crippen MR) is 116 cm³/mol. The Morgan fingerprint density at radius 1 is 1.17 bits per heavy atom. The van der Waals surface area contributed by atoms with Crippen LogP contribution in [-0.4, -0.2) is 42.9 Å². The van der Waals surface area contributed by atoms with E-state index in [1.54, 1.807) is 0 Å². The summed E-state index contributed by atoms with van der Waals surface area (Å²) in [7, 11) is -3.92. The van der Waals surface area contributed by atoms with Crippen LogP contribution in [0.3, 0.4) is 0 Å². The van der Waals surface area contributed by atoms with Crippen LogP contribution < -0.4 is 4.72 Å². The Morgan fingerprint density at radius 2 is 1.97 bits per heavy atom. The van der Waals surface area contributed by atoms with E-state index in [0.717, 1.165) is 25.7 Å². The zero-order chi connectivity index (χ0) is 21.4. The number of carbonyl (C=O) groups excluding carboxylic acids is 1. The zero-order valence-electron chi connectivity index (χ0n) is 16.7. The van der Waals surface area contributed by atoms with E-state index in [1.807, 2.05) is 18.2 Å². The minimum atomic E-state index is -3.92. The monoisotopic (exact) mass is 451 g/mol. The standard InChI is InChI=1S/C21H26ClN3O4S/c22-20-13-12-18(16-23-20)24-30(27,28)25-14-6-4-11-19(25)21(26)29-15-7-5-10-17-8-2-1-3-9-17/h1-3,8-9,12-13,16,19,24H,4-7,10-11,14-15H2. The van der Waals surface area contributed by atoms with Gasteiger partial charge in [0.05, 0.1) is 18.5 Å². The second kappa shape index (κ2) is 10.7. The highest BCUT2D eigenvalue weighted by Gasteiger charge is 2.37. The number of piperidine rings is 1. The summed E-state index contributed by atoms with van der Waals surface area (Å²) >= 11 is 5.74. The van der Waals surface area contributed by atoms with Crippen LogP contribution in [0.4, 0.5) is 5.69 Å². The third kappa shape index (κ3) is 6.42. The van der Waals surface area contributed by atoms with E-state index in [1.165, 1.54) is 28.2 Å². The lowest BCUT2D eigenvalue weighted by Crippen LogP contribution is -2.50. The number of halogens is 1. The molecule has 0 aliphatic carbocycles. The Hall–Kier alpha value is -2.16. The number of unbranched alkanes of at least 4 members (excludes halogenated alkanes) is 1. The van der Waals surface area contributed by atoms with E-state index >= 15 is 0 Å². The molecular weight excluding hydrogens is 426 g/mol. The van der Waals surface area contributed by atoms with Crippen molar-refractivity contribution in [2.24, 2.45) is 0 Å². The summed E-state index contributed by atoms with van der Waals surface area (Å²) in [5.74, 6) is -0.492. The minimum Gasteiger partial charge on any atom is -0.464 e. The maximum Gasteiger partial charge on any atom is 0.324 e. The van der Waals surface area contributed by atoms with Crippen molar-refractivity contribution in [1.29, 1.82) is 0 Å². The van der Waals surface area contributed by atoms with Crippen LogP contribution in [0.5, 0.6) is 0 Å². The molecule has 1 aromatic carbocycles. The molecule has 162 valence electrons. The van der Waals surface area contributed by atoms with Gasteiger partial charge in [-0.2, -0.15) is 12.7 Å². The molecule has 1 aromatic heterocycles. The number of pyridine rings is 1. The second-order valence-corrected chi connectivity index (χ2v) is 9.22. The Kier molecular flexibility index (Phi) is 8.07. The number of benzene rings is 1. The van der Waals surface area contributed by atoms with Crippen molar-refractivity contribution < 1.29 is 17.9 Å². The van der Waals surface area contributed by atoms with Gasteiger partial charge in [-0.3, -0.25) is 9.52 Å².